The first kappa shape index (κ1) is 18.6. The van der Waals surface area contributed by atoms with Crippen LogP contribution in [0.3, 0.4) is 0 Å². The number of benzene rings is 2. The topological polar surface area (TPSA) is 74.8 Å². The lowest BCUT2D eigenvalue weighted by Crippen LogP contribution is -2.50. The molecule has 4 rings (SSSR count). The maximum absolute atomic E-state index is 13.0. The molecule has 0 atom stereocenters. The highest BCUT2D eigenvalue weighted by Gasteiger charge is 2.34. The molecule has 27 heavy (non-hydrogen) atoms. The summed E-state index contributed by atoms with van der Waals surface area (Å²) < 4.78 is 54.1. The second-order valence-corrected chi connectivity index (χ2v) is 10.8. The number of fused-ring (bicyclic) bond motifs is 1. The second kappa shape index (κ2) is 7.01. The normalized spacial score (nSPS) is 19.1. The van der Waals surface area contributed by atoms with E-state index < -0.39 is 20.0 Å². The molecule has 8 heteroatoms. The molecule has 2 aromatic carbocycles. The Labute approximate surface area is 160 Å². The molecule has 1 heterocycles. The molecule has 1 aliphatic carbocycles. The van der Waals surface area contributed by atoms with Crippen LogP contribution in [0.4, 0.5) is 0 Å². The Kier molecular flexibility index (Phi) is 4.84. The molecule has 1 saturated heterocycles. The molecular weight excluding hydrogens is 384 g/mol. The Morgan fingerprint density at radius 1 is 0.630 bits per heavy atom. The number of aryl methyl sites for hydroxylation is 2. The monoisotopic (exact) mass is 406 g/mol. The average molecular weight is 407 g/mol. The van der Waals surface area contributed by atoms with Gasteiger partial charge in [-0.25, -0.2) is 16.8 Å². The van der Waals surface area contributed by atoms with Crippen molar-refractivity contribution in [3.63, 3.8) is 0 Å². The van der Waals surface area contributed by atoms with Crippen LogP contribution in [0.25, 0.3) is 0 Å². The summed E-state index contributed by atoms with van der Waals surface area (Å²) in [5, 5.41) is 0. The molecule has 1 aliphatic heterocycles. The Bertz CT molecular complexity index is 1040. The lowest BCUT2D eigenvalue weighted by Gasteiger charge is -2.33. The van der Waals surface area contributed by atoms with Crippen molar-refractivity contribution in [3.8, 4) is 0 Å². The van der Waals surface area contributed by atoms with Gasteiger partial charge < -0.3 is 0 Å². The van der Waals surface area contributed by atoms with Gasteiger partial charge in [-0.1, -0.05) is 24.3 Å². The van der Waals surface area contributed by atoms with E-state index in [4.69, 9.17) is 0 Å². The third kappa shape index (κ3) is 3.42. The molecule has 0 saturated carbocycles. The summed E-state index contributed by atoms with van der Waals surface area (Å²) in [4.78, 5) is 0.544. The highest BCUT2D eigenvalue weighted by Crippen LogP contribution is 2.27. The smallest absolute Gasteiger partial charge is 0.207 e. The Morgan fingerprint density at radius 2 is 1.19 bits per heavy atom. The van der Waals surface area contributed by atoms with E-state index in [0.29, 0.717) is 4.90 Å². The zero-order valence-corrected chi connectivity index (χ0v) is 16.5. The van der Waals surface area contributed by atoms with Gasteiger partial charge in [0.2, 0.25) is 20.0 Å². The number of nitrogens with zero attached hydrogens (tertiary/aromatic N) is 2. The van der Waals surface area contributed by atoms with Crippen LogP contribution < -0.4 is 0 Å². The van der Waals surface area contributed by atoms with E-state index in [9.17, 15) is 16.8 Å². The Balaban J connectivity index is 1.50. The van der Waals surface area contributed by atoms with E-state index >= 15 is 0 Å². The average Bonchev–Trinajstić information content (AvgIpc) is 3.16. The molecule has 0 unspecified atom stereocenters. The van der Waals surface area contributed by atoms with E-state index in [1.807, 2.05) is 6.07 Å². The summed E-state index contributed by atoms with van der Waals surface area (Å²) in [7, 11) is -7.20. The molecule has 2 aromatic rings. The third-order valence-electron chi connectivity index (χ3n) is 5.29. The molecule has 0 amide bonds. The Hall–Kier alpha value is -1.74. The minimum atomic E-state index is -3.61. The molecular formula is C19H22N2O4S2. The van der Waals surface area contributed by atoms with Crippen molar-refractivity contribution in [2.24, 2.45) is 0 Å². The minimum Gasteiger partial charge on any atom is -0.207 e. The van der Waals surface area contributed by atoms with Crippen LogP contribution in [0.2, 0.25) is 0 Å². The van der Waals surface area contributed by atoms with Gasteiger partial charge in [0.05, 0.1) is 9.79 Å². The summed E-state index contributed by atoms with van der Waals surface area (Å²) in [6.07, 6.45) is 2.99. The van der Waals surface area contributed by atoms with Crippen molar-refractivity contribution in [1.82, 2.24) is 8.61 Å². The highest BCUT2D eigenvalue weighted by molar-refractivity contribution is 7.89. The number of piperazine rings is 1. The maximum atomic E-state index is 13.0. The van der Waals surface area contributed by atoms with Crippen molar-refractivity contribution in [3.05, 3.63) is 59.7 Å². The molecule has 1 fully saturated rings. The number of hydrogen-bond donors (Lipinski definition) is 0. The van der Waals surface area contributed by atoms with Crippen LogP contribution in [0.5, 0.6) is 0 Å². The predicted octanol–water partition coefficient (Wildman–Crippen LogP) is 1.87. The second-order valence-electron chi connectivity index (χ2n) is 6.91. The molecule has 6 nitrogen and oxygen atoms in total. The maximum Gasteiger partial charge on any atom is 0.243 e. The van der Waals surface area contributed by atoms with Gasteiger partial charge in [0, 0.05) is 26.2 Å². The Morgan fingerprint density at radius 3 is 1.81 bits per heavy atom. The quantitative estimate of drug-likeness (QED) is 0.777. The third-order valence-corrected chi connectivity index (χ3v) is 9.09. The largest absolute Gasteiger partial charge is 0.243 e. The van der Waals surface area contributed by atoms with Crippen LogP contribution in [0, 0.1) is 0 Å². The van der Waals surface area contributed by atoms with E-state index in [0.717, 1.165) is 24.8 Å². The lowest BCUT2D eigenvalue weighted by atomic mass is 10.1. The summed E-state index contributed by atoms with van der Waals surface area (Å²) in [6.45, 7) is 0.625. The van der Waals surface area contributed by atoms with Crippen molar-refractivity contribution in [2.45, 2.75) is 29.1 Å². The lowest BCUT2D eigenvalue weighted by molar-refractivity contribution is 0.273. The van der Waals surface area contributed by atoms with Crippen molar-refractivity contribution >= 4 is 20.0 Å². The minimum absolute atomic E-state index is 0.154. The van der Waals surface area contributed by atoms with Gasteiger partial charge in [-0.05, 0) is 54.7 Å². The standard InChI is InChI=1S/C19H22N2O4S2/c22-26(23,18-7-2-1-3-8-18)20-11-13-21(14-12-20)27(24,25)19-10-9-16-5-4-6-17(16)15-19/h1-3,7-10,15H,4-6,11-14H2. The van der Waals surface area contributed by atoms with Gasteiger partial charge in [-0.2, -0.15) is 8.61 Å². The van der Waals surface area contributed by atoms with Crippen LogP contribution in [-0.2, 0) is 32.9 Å². The van der Waals surface area contributed by atoms with Gasteiger partial charge in [-0.15, -0.1) is 0 Å². The van der Waals surface area contributed by atoms with Crippen molar-refractivity contribution in [2.75, 3.05) is 26.2 Å². The molecule has 144 valence electrons. The van der Waals surface area contributed by atoms with E-state index in [2.05, 4.69) is 0 Å². The summed E-state index contributed by atoms with van der Waals surface area (Å²) in [5.41, 5.74) is 2.34. The number of hydrogen-bond acceptors (Lipinski definition) is 4. The van der Waals surface area contributed by atoms with Crippen LogP contribution in [0.15, 0.2) is 58.3 Å². The first-order valence-electron chi connectivity index (χ1n) is 9.06. The molecule has 0 aromatic heterocycles. The van der Waals surface area contributed by atoms with Gasteiger partial charge in [0.15, 0.2) is 0 Å². The van der Waals surface area contributed by atoms with E-state index in [-0.39, 0.29) is 31.1 Å². The van der Waals surface area contributed by atoms with Gasteiger partial charge >= 0.3 is 0 Å². The van der Waals surface area contributed by atoms with Crippen molar-refractivity contribution in [1.29, 1.82) is 0 Å². The predicted molar refractivity (Wildman–Crippen MR) is 102 cm³/mol. The molecule has 0 N–H and O–H groups in total. The van der Waals surface area contributed by atoms with E-state index in [1.54, 1.807) is 42.5 Å². The first-order chi connectivity index (χ1) is 12.9. The van der Waals surface area contributed by atoms with Gasteiger partial charge in [-0.3, -0.25) is 0 Å². The summed E-state index contributed by atoms with van der Waals surface area (Å²) >= 11 is 0. The van der Waals surface area contributed by atoms with Crippen LogP contribution in [-0.4, -0.2) is 51.6 Å². The summed E-state index contributed by atoms with van der Waals surface area (Å²) in [5.74, 6) is 0. The molecule has 0 spiro atoms. The first-order valence-corrected chi connectivity index (χ1v) is 11.9. The fourth-order valence-corrected chi connectivity index (χ4v) is 6.67. The van der Waals surface area contributed by atoms with E-state index in [1.165, 1.54) is 14.2 Å². The van der Waals surface area contributed by atoms with Crippen molar-refractivity contribution < 1.29 is 16.8 Å². The van der Waals surface area contributed by atoms with Gasteiger partial charge in [0.1, 0.15) is 0 Å². The fourth-order valence-electron chi connectivity index (χ4n) is 3.75. The molecule has 0 bridgehead atoms. The zero-order chi connectivity index (χ0) is 19.1. The van der Waals surface area contributed by atoms with Crippen LogP contribution >= 0.6 is 0 Å². The zero-order valence-electron chi connectivity index (χ0n) is 14.9. The fraction of sp³-hybridized carbons (Fsp3) is 0.368. The molecule has 0 radical (unpaired) electrons. The number of sulfonamides is 2. The highest BCUT2D eigenvalue weighted by atomic mass is 32.2. The number of rotatable bonds is 4. The molecule has 2 aliphatic rings. The van der Waals surface area contributed by atoms with Crippen LogP contribution in [0.1, 0.15) is 17.5 Å². The van der Waals surface area contributed by atoms with Gasteiger partial charge in [0.25, 0.3) is 0 Å². The summed E-state index contributed by atoms with van der Waals surface area (Å²) in [6, 6.07) is 13.6. The SMILES string of the molecule is O=S(=O)(c1ccccc1)N1CCN(S(=O)(=O)c2ccc3c(c2)CCC3)CC1.